The van der Waals surface area contributed by atoms with Gasteiger partial charge in [0.25, 0.3) is 0 Å². The number of thiophene rings is 1. The molecule has 0 bridgehead atoms. The van der Waals surface area contributed by atoms with Crippen LogP contribution in [0.15, 0.2) is 23.6 Å². The lowest BCUT2D eigenvalue weighted by Crippen LogP contribution is -2.11. The zero-order valence-electron chi connectivity index (χ0n) is 10.9. The van der Waals surface area contributed by atoms with Gasteiger partial charge >= 0.3 is 0 Å². The van der Waals surface area contributed by atoms with Gasteiger partial charge in [0.05, 0.1) is 6.04 Å². The van der Waals surface area contributed by atoms with Crippen molar-refractivity contribution in [2.45, 2.75) is 26.0 Å². The summed E-state index contributed by atoms with van der Waals surface area (Å²) in [5.41, 5.74) is 0. The minimum absolute atomic E-state index is 0.237. The number of hydrogen-bond donors (Lipinski definition) is 1. The molecule has 19 heavy (non-hydrogen) atoms. The molecule has 1 N–H and O–H groups in total. The van der Waals surface area contributed by atoms with E-state index < -0.39 is 0 Å². The molecule has 0 aromatic carbocycles. The van der Waals surface area contributed by atoms with Gasteiger partial charge in [-0.1, -0.05) is 24.6 Å². The maximum Gasteiger partial charge on any atom is 0.158 e. The molecule has 2 aromatic rings. The maximum atomic E-state index is 5.99. The first-order valence-corrected chi connectivity index (χ1v) is 7.31. The van der Waals surface area contributed by atoms with E-state index in [9.17, 15) is 0 Å². The minimum Gasteiger partial charge on any atom is -0.377 e. The molecule has 2 heterocycles. The van der Waals surface area contributed by atoms with Crippen LogP contribution in [0.2, 0.25) is 5.15 Å². The molecule has 0 amide bonds. The Morgan fingerprint density at radius 1 is 1.47 bits per heavy atom. The van der Waals surface area contributed by atoms with Gasteiger partial charge in [0, 0.05) is 18.1 Å². The minimum atomic E-state index is 0.237. The Kier molecular flexibility index (Phi) is 5.13. The first-order valence-electron chi connectivity index (χ1n) is 6.05. The van der Waals surface area contributed by atoms with Crippen LogP contribution in [0.3, 0.4) is 0 Å². The number of anilines is 1. The molecule has 4 nitrogen and oxygen atoms in total. The van der Waals surface area contributed by atoms with Gasteiger partial charge in [-0.15, -0.1) is 11.3 Å². The van der Waals surface area contributed by atoms with Crippen LogP contribution in [0.1, 0.15) is 30.1 Å². The number of halogens is 1. The van der Waals surface area contributed by atoms with Gasteiger partial charge in [-0.2, -0.15) is 0 Å². The molecule has 0 aliphatic rings. The molecular formula is C13H16ClN3OS. The Morgan fingerprint density at radius 3 is 2.95 bits per heavy atom. The first kappa shape index (κ1) is 14.2. The van der Waals surface area contributed by atoms with Crippen LogP contribution in [0.5, 0.6) is 0 Å². The van der Waals surface area contributed by atoms with Crippen molar-refractivity contribution in [2.75, 3.05) is 12.4 Å². The third-order valence-corrected chi connectivity index (χ3v) is 3.81. The smallest absolute Gasteiger partial charge is 0.158 e. The van der Waals surface area contributed by atoms with Crippen LogP contribution >= 0.6 is 22.9 Å². The lowest BCUT2D eigenvalue weighted by Gasteiger charge is -2.16. The van der Waals surface area contributed by atoms with Crippen molar-refractivity contribution in [3.63, 3.8) is 0 Å². The summed E-state index contributed by atoms with van der Waals surface area (Å²) in [6, 6.07) is 6.14. The Bertz CT molecular complexity index is 519. The van der Waals surface area contributed by atoms with Crippen molar-refractivity contribution in [1.29, 1.82) is 0 Å². The molecule has 0 radical (unpaired) electrons. The topological polar surface area (TPSA) is 47.0 Å². The number of nitrogens with zero attached hydrogens (tertiary/aromatic N) is 2. The summed E-state index contributed by atoms with van der Waals surface area (Å²) < 4.78 is 5.03. The molecular weight excluding hydrogens is 282 g/mol. The zero-order valence-corrected chi connectivity index (χ0v) is 12.5. The fourth-order valence-electron chi connectivity index (χ4n) is 1.77. The summed E-state index contributed by atoms with van der Waals surface area (Å²) in [7, 11) is 1.61. The SMILES string of the molecule is CCC(Nc1cc(Cl)nc(COC)n1)c1cccs1. The fraction of sp³-hybridized carbons (Fsp3) is 0.385. The lowest BCUT2D eigenvalue weighted by atomic mass is 10.2. The van der Waals surface area contributed by atoms with E-state index in [1.807, 2.05) is 6.07 Å². The monoisotopic (exact) mass is 297 g/mol. The van der Waals surface area contributed by atoms with E-state index in [4.69, 9.17) is 16.3 Å². The quantitative estimate of drug-likeness (QED) is 0.822. The molecule has 0 fully saturated rings. The highest BCUT2D eigenvalue weighted by Gasteiger charge is 2.12. The summed E-state index contributed by atoms with van der Waals surface area (Å²) in [4.78, 5) is 9.79. The van der Waals surface area contributed by atoms with Crippen LogP contribution in [0.4, 0.5) is 5.82 Å². The van der Waals surface area contributed by atoms with Crippen LogP contribution in [0.25, 0.3) is 0 Å². The van der Waals surface area contributed by atoms with Crippen molar-refractivity contribution in [2.24, 2.45) is 0 Å². The molecule has 2 aromatic heterocycles. The Balaban J connectivity index is 2.17. The number of methoxy groups -OCH3 is 1. The van der Waals surface area contributed by atoms with E-state index in [1.165, 1.54) is 4.88 Å². The molecule has 6 heteroatoms. The number of nitrogens with one attached hydrogen (secondary N) is 1. The molecule has 0 saturated heterocycles. The van der Waals surface area contributed by atoms with Crippen molar-refractivity contribution in [3.8, 4) is 0 Å². The highest BCUT2D eigenvalue weighted by Crippen LogP contribution is 2.26. The van der Waals surface area contributed by atoms with Gasteiger partial charge < -0.3 is 10.1 Å². The Labute approximate surface area is 121 Å². The summed E-state index contributed by atoms with van der Waals surface area (Å²) in [5, 5.41) is 5.88. The highest BCUT2D eigenvalue weighted by atomic mass is 35.5. The average Bonchev–Trinajstić information content (AvgIpc) is 2.89. The van der Waals surface area contributed by atoms with Crippen LogP contribution in [-0.2, 0) is 11.3 Å². The number of hydrogen-bond acceptors (Lipinski definition) is 5. The second kappa shape index (κ2) is 6.84. The van der Waals surface area contributed by atoms with E-state index in [2.05, 4.69) is 33.7 Å². The zero-order chi connectivity index (χ0) is 13.7. The maximum absolute atomic E-state index is 5.99. The molecule has 0 saturated carbocycles. The van der Waals surface area contributed by atoms with Gasteiger partial charge in [-0.25, -0.2) is 9.97 Å². The normalized spacial score (nSPS) is 12.4. The van der Waals surface area contributed by atoms with Crippen molar-refractivity contribution < 1.29 is 4.74 Å². The fourth-order valence-corrected chi connectivity index (χ4v) is 2.84. The molecule has 102 valence electrons. The second-order valence-corrected chi connectivity index (χ2v) is 5.41. The van der Waals surface area contributed by atoms with Crippen LogP contribution < -0.4 is 5.32 Å². The van der Waals surface area contributed by atoms with Crippen molar-refractivity contribution in [3.05, 3.63) is 39.4 Å². The standard InChI is InChI=1S/C13H16ClN3OS/c1-3-9(10-5-4-6-19-10)15-12-7-11(14)16-13(17-12)8-18-2/h4-7,9H,3,8H2,1-2H3,(H,15,16,17). The predicted octanol–water partition coefficient (Wildman–Crippen LogP) is 3.90. The summed E-state index contributed by atoms with van der Waals surface area (Å²) in [6.07, 6.45) is 0.974. The predicted molar refractivity (Wildman–Crippen MR) is 78.7 cm³/mol. The molecule has 0 spiro atoms. The van der Waals surface area contributed by atoms with E-state index in [-0.39, 0.29) is 6.04 Å². The highest BCUT2D eigenvalue weighted by molar-refractivity contribution is 7.10. The molecule has 1 atom stereocenters. The van der Waals surface area contributed by atoms with Gasteiger partial charge in [0.15, 0.2) is 5.82 Å². The van der Waals surface area contributed by atoms with Gasteiger partial charge in [-0.3, -0.25) is 0 Å². The van der Waals surface area contributed by atoms with E-state index in [1.54, 1.807) is 24.5 Å². The number of ether oxygens (including phenoxy) is 1. The van der Waals surface area contributed by atoms with Crippen molar-refractivity contribution in [1.82, 2.24) is 9.97 Å². The molecule has 2 rings (SSSR count). The average molecular weight is 298 g/mol. The molecule has 0 aliphatic heterocycles. The summed E-state index contributed by atoms with van der Waals surface area (Å²) in [5.74, 6) is 1.31. The Hall–Kier alpha value is -1.17. The third kappa shape index (κ3) is 3.89. The van der Waals surface area contributed by atoms with Crippen LogP contribution in [-0.4, -0.2) is 17.1 Å². The van der Waals surface area contributed by atoms with Crippen molar-refractivity contribution >= 4 is 28.8 Å². The van der Waals surface area contributed by atoms with E-state index in [0.717, 1.165) is 12.2 Å². The van der Waals surface area contributed by atoms with Crippen LogP contribution in [0, 0.1) is 0 Å². The number of rotatable bonds is 6. The lowest BCUT2D eigenvalue weighted by molar-refractivity contribution is 0.178. The van der Waals surface area contributed by atoms with E-state index in [0.29, 0.717) is 17.6 Å². The third-order valence-electron chi connectivity index (χ3n) is 2.63. The Morgan fingerprint density at radius 2 is 2.32 bits per heavy atom. The first-order chi connectivity index (χ1) is 9.22. The summed E-state index contributed by atoms with van der Waals surface area (Å²) >= 11 is 7.72. The molecule has 0 aliphatic carbocycles. The van der Waals surface area contributed by atoms with Gasteiger partial charge in [0.1, 0.15) is 17.6 Å². The largest absolute Gasteiger partial charge is 0.377 e. The van der Waals surface area contributed by atoms with Gasteiger partial charge in [0.2, 0.25) is 0 Å². The van der Waals surface area contributed by atoms with E-state index >= 15 is 0 Å². The van der Waals surface area contributed by atoms with Gasteiger partial charge in [-0.05, 0) is 17.9 Å². The summed E-state index contributed by atoms with van der Waals surface area (Å²) in [6.45, 7) is 2.49. The second-order valence-electron chi connectivity index (χ2n) is 4.05. The molecule has 1 unspecified atom stereocenters. The number of aromatic nitrogens is 2.